The molecule has 0 saturated heterocycles. The SMILES string of the molecule is Cl.O=C(O)c1cccc(-c2ccc(CNCCc3ccc(Cl)cc3)o2)c1. The number of carbonyl (C=O) groups is 1. The number of hydrogen-bond donors (Lipinski definition) is 2. The van der Waals surface area contributed by atoms with E-state index in [0.29, 0.717) is 12.3 Å². The summed E-state index contributed by atoms with van der Waals surface area (Å²) >= 11 is 5.87. The molecule has 0 radical (unpaired) electrons. The third-order valence-corrected chi connectivity index (χ3v) is 4.11. The minimum Gasteiger partial charge on any atom is -0.478 e. The van der Waals surface area contributed by atoms with E-state index in [1.807, 2.05) is 42.5 Å². The molecule has 0 unspecified atom stereocenters. The number of carboxylic acid groups (broad SMARTS) is 1. The second kappa shape index (κ2) is 9.43. The van der Waals surface area contributed by atoms with Crippen molar-refractivity contribution < 1.29 is 14.3 Å². The van der Waals surface area contributed by atoms with Crippen molar-refractivity contribution in [1.29, 1.82) is 0 Å². The number of hydrogen-bond acceptors (Lipinski definition) is 3. The van der Waals surface area contributed by atoms with E-state index in [1.165, 1.54) is 5.56 Å². The van der Waals surface area contributed by atoms with E-state index in [0.717, 1.165) is 29.3 Å². The highest BCUT2D eigenvalue weighted by Gasteiger charge is 2.08. The lowest BCUT2D eigenvalue weighted by Gasteiger charge is -2.04. The fourth-order valence-corrected chi connectivity index (χ4v) is 2.65. The maximum atomic E-state index is 11.1. The summed E-state index contributed by atoms with van der Waals surface area (Å²) in [5, 5.41) is 13.1. The zero-order valence-electron chi connectivity index (χ0n) is 13.9. The largest absolute Gasteiger partial charge is 0.478 e. The number of carboxylic acids is 1. The molecule has 6 heteroatoms. The Kier molecular flexibility index (Phi) is 7.27. The van der Waals surface area contributed by atoms with Crippen LogP contribution in [-0.2, 0) is 13.0 Å². The van der Waals surface area contributed by atoms with Gasteiger partial charge in [0.2, 0.25) is 0 Å². The van der Waals surface area contributed by atoms with Gasteiger partial charge in [-0.3, -0.25) is 0 Å². The molecule has 0 aliphatic rings. The summed E-state index contributed by atoms with van der Waals surface area (Å²) in [6.45, 7) is 1.44. The monoisotopic (exact) mass is 391 g/mol. The molecule has 3 aromatic rings. The van der Waals surface area contributed by atoms with E-state index in [2.05, 4.69) is 5.32 Å². The van der Waals surface area contributed by atoms with Crippen LogP contribution in [0, 0.1) is 0 Å². The molecule has 0 atom stereocenters. The zero-order valence-corrected chi connectivity index (χ0v) is 15.5. The normalized spacial score (nSPS) is 10.3. The summed E-state index contributed by atoms with van der Waals surface area (Å²) in [5.41, 5.74) is 2.23. The van der Waals surface area contributed by atoms with Crippen LogP contribution < -0.4 is 5.32 Å². The number of benzene rings is 2. The molecule has 1 aromatic heterocycles. The van der Waals surface area contributed by atoms with Gasteiger partial charge in [0.15, 0.2) is 0 Å². The second-order valence-corrected chi connectivity index (χ2v) is 6.14. The lowest BCUT2D eigenvalue weighted by Crippen LogP contribution is -2.16. The van der Waals surface area contributed by atoms with E-state index >= 15 is 0 Å². The molecule has 2 aromatic carbocycles. The molecular weight excluding hydrogens is 373 g/mol. The van der Waals surface area contributed by atoms with Crippen molar-refractivity contribution in [2.75, 3.05) is 6.54 Å². The van der Waals surface area contributed by atoms with Crippen LogP contribution in [0.2, 0.25) is 5.02 Å². The zero-order chi connectivity index (χ0) is 17.6. The van der Waals surface area contributed by atoms with E-state index in [4.69, 9.17) is 21.1 Å². The molecule has 0 spiro atoms. The van der Waals surface area contributed by atoms with Gasteiger partial charge in [0.1, 0.15) is 11.5 Å². The van der Waals surface area contributed by atoms with Crippen molar-refractivity contribution in [3.05, 3.63) is 82.6 Å². The summed E-state index contributed by atoms with van der Waals surface area (Å²) in [7, 11) is 0. The molecule has 0 fully saturated rings. The van der Waals surface area contributed by atoms with Gasteiger partial charge in [0.05, 0.1) is 12.1 Å². The maximum Gasteiger partial charge on any atom is 0.335 e. The van der Waals surface area contributed by atoms with E-state index in [9.17, 15) is 4.79 Å². The standard InChI is InChI=1S/C20H18ClNO3.ClH/c21-17-6-4-14(5-7-17)10-11-22-13-18-8-9-19(25-18)15-2-1-3-16(12-15)20(23)24;/h1-9,12,22H,10-11,13H2,(H,23,24);1H. The van der Waals surface area contributed by atoms with Gasteiger partial charge in [-0.1, -0.05) is 35.9 Å². The second-order valence-electron chi connectivity index (χ2n) is 5.71. The first kappa shape index (κ1) is 20.0. The Morgan fingerprint density at radius 1 is 1.08 bits per heavy atom. The van der Waals surface area contributed by atoms with Crippen LogP contribution in [0.5, 0.6) is 0 Å². The van der Waals surface area contributed by atoms with Crippen molar-refractivity contribution in [3.8, 4) is 11.3 Å². The molecule has 1 heterocycles. The van der Waals surface area contributed by atoms with Crippen molar-refractivity contribution in [1.82, 2.24) is 5.32 Å². The molecule has 0 amide bonds. The number of rotatable bonds is 7. The van der Waals surface area contributed by atoms with Crippen LogP contribution >= 0.6 is 24.0 Å². The Labute approximate surface area is 163 Å². The summed E-state index contributed by atoms with van der Waals surface area (Å²) < 4.78 is 5.80. The topological polar surface area (TPSA) is 62.5 Å². The first-order chi connectivity index (χ1) is 12.1. The minimum absolute atomic E-state index is 0. The van der Waals surface area contributed by atoms with Crippen molar-refractivity contribution in [3.63, 3.8) is 0 Å². The maximum absolute atomic E-state index is 11.1. The number of furan rings is 1. The predicted molar refractivity (Wildman–Crippen MR) is 105 cm³/mol. The van der Waals surface area contributed by atoms with E-state index < -0.39 is 5.97 Å². The number of halogens is 2. The third kappa shape index (κ3) is 5.36. The molecule has 4 nitrogen and oxygen atoms in total. The minimum atomic E-state index is -0.947. The van der Waals surface area contributed by atoms with Gasteiger partial charge < -0.3 is 14.8 Å². The van der Waals surface area contributed by atoms with Gasteiger partial charge in [-0.15, -0.1) is 12.4 Å². The third-order valence-electron chi connectivity index (χ3n) is 3.86. The van der Waals surface area contributed by atoms with Crippen molar-refractivity contribution in [2.45, 2.75) is 13.0 Å². The smallest absolute Gasteiger partial charge is 0.335 e. The lowest BCUT2D eigenvalue weighted by atomic mass is 10.1. The Morgan fingerprint density at radius 3 is 2.58 bits per heavy atom. The van der Waals surface area contributed by atoms with Crippen molar-refractivity contribution in [2.24, 2.45) is 0 Å². The highest BCUT2D eigenvalue weighted by molar-refractivity contribution is 6.30. The van der Waals surface area contributed by atoms with Gasteiger partial charge in [-0.2, -0.15) is 0 Å². The molecule has 0 aliphatic heterocycles. The summed E-state index contributed by atoms with van der Waals surface area (Å²) in [6, 6.07) is 18.3. The summed E-state index contributed by atoms with van der Waals surface area (Å²) in [5.74, 6) is 0.530. The van der Waals surface area contributed by atoms with Gasteiger partial charge in [-0.05, 0) is 54.9 Å². The first-order valence-corrected chi connectivity index (χ1v) is 8.37. The van der Waals surface area contributed by atoms with E-state index in [1.54, 1.807) is 18.2 Å². The van der Waals surface area contributed by atoms with E-state index in [-0.39, 0.29) is 18.0 Å². The van der Waals surface area contributed by atoms with Crippen LogP contribution in [0.25, 0.3) is 11.3 Å². The molecule has 0 bridgehead atoms. The Hall–Kier alpha value is -2.27. The highest BCUT2D eigenvalue weighted by atomic mass is 35.5. The Bertz CT molecular complexity index is 860. The first-order valence-electron chi connectivity index (χ1n) is 7.99. The Balaban J connectivity index is 0.00000243. The van der Waals surface area contributed by atoms with Crippen LogP contribution in [0.3, 0.4) is 0 Å². The number of nitrogens with one attached hydrogen (secondary N) is 1. The molecule has 26 heavy (non-hydrogen) atoms. The molecular formula is C20H19Cl2NO3. The molecule has 136 valence electrons. The van der Waals surface area contributed by atoms with Crippen molar-refractivity contribution >= 4 is 30.0 Å². The summed E-state index contributed by atoms with van der Waals surface area (Å²) in [4.78, 5) is 11.1. The molecule has 0 aliphatic carbocycles. The van der Waals surface area contributed by atoms with Crippen LogP contribution in [0.1, 0.15) is 21.7 Å². The van der Waals surface area contributed by atoms with Gasteiger partial charge in [-0.25, -0.2) is 4.79 Å². The lowest BCUT2D eigenvalue weighted by molar-refractivity contribution is 0.0697. The quantitative estimate of drug-likeness (QED) is 0.553. The van der Waals surface area contributed by atoms with Crippen LogP contribution in [0.15, 0.2) is 65.1 Å². The summed E-state index contributed by atoms with van der Waals surface area (Å²) in [6.07, 6.45) is 0.908. The molecule has 3 rings (SSSR count). The predicted octanol–water partition coefficient (Wildman–Crippen LogP) is 5.05. The highest BCUT2D eigenvalue weighted by Crippen LogP contribution is 2.23. The fraction of sp³-hybridized carbons (Fsp3) is 0.150. The van der Waals surface area contributed by atoms with Gasteiger partial charge in [0, 0.05) is 10.6 Å². The molecule has 2 N–H and O–H groups in total. The average molecular weight is 392 g/mol. The number of aromatic carboxylic acids is 1. The molecule has 0 saturated carbocycles. The Morgan fingerprint density at radius 2 is 1.85 bits per heavy atom. The van der Waals surface area contributed by atoms with Gasteiger partial charge in [0.25, 0.3) is 0 Å². The average Bonchev–Trinajstić information content (AvgIpc) is 3.09. The van der Waals surface area contributed by atoms with Crippen LogP contribution in [-0.4, -0.2) is 17.6 Å². The fourth-order valence-electron chi connectivity index (χ4n) is 2.53. The van der Waals surface area contributed by atoms with Gasteiger partial charge >= 0.3 is 5.97 Å². The van der Waals surface area contributed by atoms with Crippen LogP contribution in [0.4, 0.5) is 0 Å².